The molecule has 11 heteroatoms. The van der Waals surface area contributed by atoms with E-state index in [1.165, 1.54) is 28.0 Å². The Morgan fingerprint density at radius 1 is 1.32 bits per heavy atom. The van der Waals surface area contributed by atoms with E-state index in [4.69, 9.17) is 0 Å². The average molecular weight is 370 g/mol. The summed E-state index contributed by atoms with van der Waals surface area (Å²) in [4.78, 5) is 36.4. The van der Waals surface area contributed by atoms with Crippen LogP contribution in [0.5, 0.6) is 0 Å². The molecule has 0 aromatic heterocycles. The number of sulfonamides is 1. The maximum absolute atomic E-state index is 12.4. The minimum atomic E-state index is -3.81. The van der Waals surface area contributed by atoms with Gasteiger partial charge in [0.2, 0.25) is 22.3 Å². The molecule has 1 aliphatic heterocycles. The molecule has 0 saturated carbocycles. The third kappa shape index (κ3) is 4.66. The first-order valence-corrected chi connectivity index (χ1v) is 9.26. The van der Waals surface area contributed by atoms with Crippen LogP contribution in [-0.4, -0.2) is 74.4 Å². The zero-order chi connectivity index (χ0) is 18.6. The summed E-state index contributed by atoms with van der Waals surface area (Å²) in [7, 11) is -3.81. The lowest BCUT2D eigenvalue weighted by atomic mass is 10.2. The minimum Gasteiger partial charge on any atom is -0.342 e. The third-order valence-electron chi connectivity index (χ3n) is 3.82. The van der Waals surface area contributed by atoms with Gasteiger partial charge in [-0.2, -0.15) is 0 Å². The summed E-state index contributed by atoms with van der Waals surface area (Å²) < 4.78 is 25.0. The first-order valence-electron chi connectivity index (χ1n) is 7.41. The van der Waals surface area contributed by atoms with Gasteiger partial charge in [0.25, 0.3) is 5.69 Å². The van der Waals surface area contributed by atoms with E-state index in [1.54, 1.807) is 0 Å². The molecular weight excluding hydrogens is 352 g/mol. The predicted octanol–water partition coefficient (Wildman–Crippen LogP) is -0.339. The molecule has 2 rings (SSSR count). The van der Waals surface area contributed by atoms with Gasteiger partial charge in [-0.05, 0) is 6.07 Å². The molecule has 0 aliphatic carbocycles. The van der Waals surface area contributed by atoms with E-state index in [2.05, 4.69) is 0 Å². The number of nitro benzene ring substituents is 1. The molecule has 0 N–H and O–H groups in total. The van der Waals surface area contributed by atoms with Gasteiger partial charge in [-0.1, -0.05) is 6.07 Å². The first-order chi connectivity index (χ1) is 11.7. The maximum atomic E-state index is 12.4. The van der Waals surface area contributed by atoms with E-state index in [0.29, 0.717) is 32.6 Å². The first kappa shape index (κ1) is 18.6. The molecule has 1 heterocycles. The highest BCUT2D eigenvalue weighted by Crippen LogP contribution is 2.23. The van der Waals surface area contributed by atoms with Gasteiger partial charge in [0.05, 0.1) is 16.9 Å². The second-order valence-corrected chi connectivity index (χ2v) is 7.48. The van der Waals surface area contributed by atoms with Gasteiger partial charge < -0.3 is 9.80 Å². The van der Waals surface area contributed by atoms with E-state index in [1.807, 2.05) is 0 Å². The molecule has 136 valence electrons. The summed E-state index contributed by atoms with van der Waals surface area (Å²) in [5.74, 6) is -0.428. The van der Waals surface area contributed by atoms with Crippen LogP contribution < -0.4 is 4.31 Å². The summed E-state index contributed by atoms with van der Waals surface area (Å²) in [6.07, 6.45) is 1.64. The van der Waals surface area contributed by atoms with Crippen molar-refractivity contribution in [2.75, 3.05) is 43.3 Å². The molecule has 0 bridgehead atoms. The Kier molecular flexibility index (Phi) is 5.57. The number of anilines is 1. The topological polar surface area (TPSA) is 121 Å². The van der Waals surface area contributed by atoms with Crippen molar-refractivity contribution < 1.29 is 22.9 Å². The van der Waals surface area contributed by atoms with Gasteiger partial charge in [-0.15, -0.1) is 0 Å². The number of carbonyl (C=O) groups excluding carboxylic acids is 2. The quantitative estimate of drug-likeness (QED) is 0.384. The number of carbonyl (C=O) groups is 2. The second-order valence-electron chi connectivity index (χ2n) is 5.57. The fraction of sp³-hybridized carbons (Fsp3) is 0.429. The number of benzene rings is 1. The number of hydrogen-bond acceptors (Lipinski definition) is 6. The zero-order valence-electron chi connectivity index (χ0n) is 13.6. The van der Waals surface area contributed by atoms with Gasteiger partial charge in [-0.3, -0.25) is 24.0 Å². The average Bonchev–Trinajstić information content (AvgIpc) is 2.58. The van der Waals surface area contributed by atoms with Crippen LogP contribution >= 0.6 is 0 Å². The molecule has 25 heavy (non-hydrogen) atoms. The summed E-state index contributed by atoms with van der Waals surface area (Å²) >= 11 is 0. The van der Waals surface area contributed by atoms with E-state index < -0.39 is 27.4 Å². The van der Waals surface area contributed by atoms with Gasteiger partial charge in [-0.25, -0.2) is 8.42 Å². The number of nitrogens with zero attached hydrogens (tertiary/aromatic N) is 4. The van der Waals surface area contributed by atoms with Crippen molar-refractivity contribution in [2.24, 2.45) is 0 Å². The molecule has 0 spiro atoms. The summed E-state index contributed by atoms with van der Waals surface area (Å²) in [6.45, 7) is 0.922. The van der Waals surface area contributed by atoms with Crippen LogP contribution in [0.3, 0.4) is 0 Å². The molecule has 1 aliphatic rings. The number of nitro groups is 1. The highest BCUT2D eigenvalue weighted by atomic mass is 32.2. The number of hydrogen-bond donors (Lipinski definition) is 0. The van der Waals surface area contributed by atoms with Crippen molar-refractivity contribution in [3.8, 4) is 0 Å². The molecule has 1 fully saturated rings. The molecule has 1 saturated heterocycles. The van der Waals surface area contributed by atoms with Crippen molar-refractivity contribution >= 4 is 33.7 Å². The monoisotopic (exact) mass is 370 g/mol. The largest absolute Gasteiger partial charge is 0.342 e. The zero-order valence-corrected chi connectivity index (χ0v) is 14.4. The van der Waals surface area contributed by atoms with Gasteiger partial charge in [0, 0.05) is 38.3 Å². The van der Waals surface area contributed by atoms with Crippen molar-refractivity contribution in [1.82, 2.24) is 9.80 Å². The van der Waals surface area contributed by atoms with Crippen LogP contribution in [-0.2, 0) is 19.6 Å². The Morgan fingerprint density at radius 2 is 1.96 bits per heavy atom. The van der Waals surface area contributed by atoms with E-state index in [9.17, 15) is 28.1 Å². The lowest BCUT2D eigenvalue weighted by Crippen LogP contribution is -2.51. The van der Waals surface area contributed by atoms with Crippen LogP contribution in [0.1, 0.15) is 0 Å². The number of non-ortho nitro benzene ring substituents is 1. The highest BCUT2D eigenvalue weighted by molar-refractivity contribution is 7.92. The molecule has 2 amide bonds. The molecule has 1 aromatic carbocycles. The summed E-state index contributed by atoms with van der Waals surface area (Å²) in [6, 6.07) is 5.10. The summed E-state index contributed by atoms with van der Waals surface area (Å²) in [5.41, 5.74) is -0.213. The Hall–Kier alpha value is -2.69. The smallest absolute Gasteiger partial charge is 0.271 e. The second kappa shape index (κ2) is 7.47. The molecule has 0 unspecified atom stereocenters. The molecule has 0 atom stereocenters. The van der Waals surface area contributed by atoms with Crippen LogP contribution in [0.25, 0.3) is 0 Å². The Morgan fingerprint density at radius 3 is 2.48 bits per heavy atom. The van der Waals surface area contributed by atoms with Crippen molar-refractivity contribution in [3.63, 3.8) is 0 Å². The lowest BCUT2D eigenvalue weighted by Gasteiger charge is -2.34. The van der Waals surface area contributed by atoms with Gasteiger partial charge in [0.1, 0.15) is 6.54 Å². The molecular formula is C14H18N4O6S. The normalized spacial score (nSPS) is 14.9. The van der Waals surface area contributed by atoms with Crippen molar-refractivity contribution in [3.05, 3.63) is 34.4 Å². The van der Waals surface area contributed by atoms with Crippen LogP contribution in [0.15, 0.2) is 24.3 Å². The Bertz CT molecular complexity index is 773. The van der Waals surface area contributed by atoms with Crippen LogP contribution in [0.4, 0.5) is 11.4 Å². The van der Waals surface area contributed by atoms with E-state index >= 15 is 0 Å². The molecule has 10 nitrogen and oxygen atoms in total. The number of rotatable bonds is 6. The summed E-state index contributed by atoms with van der Waals surface area (Å²) in [5, 5.41) is 10.9. The number of amides is 2. The van der Waals surface area contributed by atoms with Crippen molar-refractivity contribution in [1.29, 1.82) is 0 Å². The minimum absolute atomic E-state index is 0.0524. The third-order valence-corrected chi connectivity index (χ3v) is 4.96. The predicted molar refractivity (Wildman–Crippen MR) is 89.5 cm³/mol. The standard InChI is InChI=1S/C14H18N4O6S/c1-25(23,24)17(12-3-2-4-13(9-12)18(21)22)10-14(20)16-7-5-15(11-19)6-8-16/h2-4,9,11H,5-8,10H2,1H3. The van der Waals surface area contributed by atoms with Crippen LogP contribution in [0.2, 0.25) is 0 Å². The molecule has 0 radical (unpaired) electrons. The maximum Gasteiger partial charge on any atom is 0.271 e. The van der Waals surface area contributed by atoms with E-state index in [0.717, 1.165) is 16.6 Å². The SMILES string of the molecule is CS(=O)(=O)N(CC(=O)N1CCN(C=O)CC1)c1cccc([N+](=O)[O-])c1. The lowest BCUT2D eigenvalue weighted by molar-refractivity contribution is -0.384. The molecule has 1 aromatic rings. The fourth-order valence-electron chi connectivity index (χ4n) is 2.46. The Labute approximate surface area is 144 Å². The van der Waals surface area contributed by atoms with Crippen molar-refractivity contribution in [2.45, 2.75) is 0 Å². The Balaban J connectivity index is 2.19. The van der Waals surface area contributed by atoms with Crippen LogP contribution in [0, 0.1) is 10.1 Å². The number of piperazine rings is 1. The van der Waals surface area contributed by atoms with Gasteiger partial charge >= 0.3 is 0 Å². The fourth-order valence-corrected chi connectivity index (χ4v) is 3.30. The van der Waals surface area contributed by atoms with Gasteiger partial charge in [0.15, 0.2) is 0 Å². The highest BCUT2D eigenvalue weighted by Gasteiger charge is 2.27. The van der Waals surface area contributed by atoms with E-state index in [-0.39, 0.29) is 11.4 Å².